The van der Waals surface area contributed by atoms with E-state index in [9.17, 15) is 9.90 Å². The molecule has 19 heavy (non-hydrogen) atoms. The van der Waals surface area contributed by atoms with Crippen LogP contribution in [0.4, 0.5) is 0 Å². The fourth-order valence-corrected chi connectivity index (χ4v) is 4.53. The molecule has 4 atom stereocenters. The monoisotopic (exact) mass is 260 g/mol. The molecule has 0 saturated carbocycles. The lowest BCUT2D eigenvalue weighted by Gasteiger charge is -2.53. The molecule has 1 aromatic heterocycles. The number of hydrogen-bond donors (Lipinski definition) is 1. The predicted octanol–water partition coefficient (Wildman–Crippen LogP) is 0.791. The van der Waals surface area contributed by atoms with Gasteiger partial charge in [-0.3, -0.25) is 9.69 Å². The molecule has 1 N–H and O–H groups in total. The van der Waals surface area contributed by atoms with Gasteiger partial charge in [-0.15, -0.1) is 0 Å². The molecular formula is C15H20N2O2. The van der Waals surface area contributed by atoms with Crippen molar-refractivity contribution < 1.29 is 5.11 Å². The molecule has 0 amide bonds. The van der Waals surface area contributed by atoms with Gasteiger partial charge in [0.1, 0.15) is 0 Å². The van der Waals surface area contributed by atoms with Gasteiger partial charge in [0.15, 0.2) is 0 Å². The molecule has 1 aromatic rings. The molecule has 2 saturated heterocycles. The molecule has 3 aliphatic rings. The summed E-state index contributed by atoms with van der Waals surface area (Å²) in [6.07, 6.45) is 2.97. The second kappa shape index (κ2) is 4.18. The Kier molecular flexibility index (Phi) is 2.57. The Bertz CT molecular complexity index is 553. The second-order valence-electron chi connectivity index (χ2n) is 6.28. The first-order chi connectivity index (χ1) is 9.24. The fraction of sp³-hybridized carbons (Fsp3) is 0.667. The molecule has 102 valence electrons. The van der Waals surface area contributed by atoms with Crippen molar-refractivity contribution in [2.75, 3.05) is 13.1 Å². The smallest absolute Gasteiger partial charge is 0.250 e. The van der Waals surface area contributed by atoms with Crippen LogP contribution in [0.1, 0.15) is 30.9 Å². The van der Waals surface area contributed by atoms with E-state index in [4.69, 9.17) is 0 Å². The first kappa shape index (κ1) is 11.7. The van der Waals surface area contributed by atoms with Gasteiger partial charge in [0.05, 0.1) is 6.10 Å². The summed E-state index contributed by atoms with van der Waals surface area (Å²) < 4.78 is 1.95. The number of hydrogen-bond acceptors (Lipinski definition) is 3. The van der Waals surface area contributed by atoms with Gasteiger partial charge in [0.25, 0.3) is 5.56 Å². The minimum Gasteiger partial charge on any atom is -0.392 e. The Morgan fingerprint density at radius 2 is 2.16 bits per heavy atom. The van der Waals surface area contributed by atoms with E-state index in [-0.39, 0.29) is 11.7 Å². The third-order valence-corrected chi connectivity index (χ3v) is 5.19. The van der Waals surface area contributed by atoms with Crippen LogP contribution in [0.5, 0.6) is 0 Å². The third-order valence-electron chi connectivity index (χ3n) is 5.19. The van der Waals surface area contributed by atoms with E-state index in [1.165, 1.54) is 12.8 Å². The molecule has 0 unspecified atom stereocenters. The van der Waals surface area contributed by atoms with E-state index < -0.39 is 0 Å². The quantitative estimate of drug-likeness (QED) is 0.750. The van der Waals surface area contributed by atoms with E-state index in [1.807, 2.05) is 10.6 Å². The Morgan fingerprint density at radius 3 is 3.05 bits per heavy atom. The van der Waals surface area contributed by atoms with Crippen LogP contribution in [0, 0.1) is 5.92 Å². The van der Waals surface area contributed by atoms with Crippen molar-refractivity contribution in [3.63, 3.8) is 0 Å². The molecule has 3 aliphatic heterocycles. The zero-order valence-electron chi connectivity index (χ0n) is 11.0. The van der Waals surface area contributed by atoms with Crippen LogP contribution in [0.3, 0.4) is 0 Å². The van der Waals surface area contributed by atoms with E-state index in [0.717, 1.165) is 31.7 Å². The van der Waals surface area contributed by atoms with Crippen molar-refractivity contribution >= 4 is 0 Å². The van der Waals surface area contributed by atoms with Crippen LogP contribution < -0.4 is 5.56 Å². The van der Waals surface area contributed by atoms with Crippen molar-refractivity contribution in [2.24, 2.45) is 5.92 Å². The number of rotatable bonds is 0. The van der Waals surface area contributed by atoms with Crippen LogP contribution >= 0.6 is 0 Å². The van der Waals surface area contributed by atoms with Crippen molar-refractivity contribution in [2.45, 2.75) is 43.9 Å². The molecule has 0 aliphatic carbocycles. The number of nitrogens with zero attached hydrogens (tertiary/aromatic N) is 2. The summed E-state index contributed by atoms with van der Waals surface area (Å²) in [4.78, 5) is 14.5. The largest absolute Gasteiger partial charge is 0.392 e. The second-order valence-corrected chi connectivity index (χ2v) is 6.28. The average molecular weight is 260 g/mol. The average Bonchev–Trinajstić information content (AvgIpc) is 2.40. The summed E-state index contributed by atoms with van der Waals surface area (Å²) in [5.74, 6) is 0.913. The van der Waals surface area contributed by atoms with Gasteiger partial charge in [0, 0.05) is 36.8 Å². The molecule has 4 heteroatoms. The molecular weight excluding hydrogens is 240 g/mol. The minimum absolute atomic E-state index is 0.119. The standard InChI is InChI=1S/C15H20N2O2/c18-11-7-12-13-4-1-5-14(19)17(13)8-10-3-2-6-16(9-11)15(10)12/h1,4-5,10-12,15,18H,2-3,6-9H2/t10-,11+,12-,15-/m1/s1. The van der Waals surface area contributed by atoms with Crippen molar-refractivity contribution in [3.8, 4) is 0 Å². The Labute approximate surface area is 112 Å². The van der Waals surface area contributed by atoms with E-state index in [2.05, 4.69) is 11.0 Å². The van der Waals surface area contributed by atoms with Crippen molar-refractivity contribution in [3.05, 3.63) is 34.2 Å². The maximum absolute atomic E-state index is 12.1. The lowest BCUT2D eigenvalue weighted by atomic mass is 9.72. The molecule has 2 fully saturated rings. The van der Waals surface area contributed by atoms with Gasteiger partial charge < -0.3 is 9.67 Å². The number of fused-ring (bicyclic) bond motifs is 2. The molecule has 4 heterocycles. The van der Waals surface area contributed by atoms with Gasteiger partial charge in [-0.1, -0.05) is 6.07 Å². The van der Waals surface area contributed by atoms with Crippen LogP contribution in [0.15, 0.2) is 23.0 Å². The summed E-state index contributed by atoms with van der Waals surface area (Å²) in [7, 11) is 0. The summed E-state index contributed by atoms with van der Waals surface area (Å²) in [6.45, 7) is 2.78. The van der Waals surface area contributed by atoms with E-state index in [0.29, 0.717) is 17.9 Å². The van der Waals surface area contributed by atoms with Gasteiger partial charge in [-0.25, -0.2) is 0 Å². The Morgan fingerprint density at radius 1 is 1.26 bits per heavy atom. The zero-order valence-corrected chi connectivity index (χ0v) is 11.0. The predicted molar refractivity (Wildman–Crippen MR) is 72.2 cm³/mol. The lowest BCUT2D eigenvalue weighted by molar-refractivity contribution is -0.0376. The Balaban J connectivity index is 1.84. The molecule has 0 spiro atoms. The maximum Gasteiger partial charge on any atom is 0.250 e. The molecule has 4 rings (SSSR count). The summed E-state index contributed by atoms with van der Waals surface area (Å²) in [6, 6.07) is 6.14. The lowest BCUT2D eigenvalue weighted by Crippen LogP contribution is -2.59. The first-order valence-corrected chi connectivity index (χ1v) is 7.36. The van der Waals surface area contributed by atoms with Crippen LogP contribution in [0.25, 0.3) is 0 Å². The SMILES string of the molecule is O=c1cccc2n1C[C@H]1CCCN3C[C@@H](O)C[C@H]2[C@@H]13. The Hall–Kier alpha value is -1.13. The molecule has 4 nitrogen and oxygen atoms in total. The van der Waals surface area contributed by atoms with Crippen molar-refractivity contribution in [1.82, 2.24) is 9.47 Å². The summed E-state index contributed by atoms with van der Waals surface area (Å²) in [5, 5.41) is 10.1. The van der Waals surface area contributed by atoms with Gasteiger partial charge in [-0.2, -0.15) is 0 Å². The zero-order chi connectivity index (χ0) is 13.0. The number of pyridine rings is 1. The minimum atomic E-state index is -0.248. The fourth-order valence-electron chi connectivity index (χ4n) is 4.53. The molecule has 0 bridgehead atoms. The van der Waals surface area contributed by atoms with Gasteiger partial charge in [0.2, 0.25) is 0 Å². The highest BCUT2D eigenvalue weighted by Gasteiger charge is 2.46. The first-order valence-electron chi connectivity index (χ1n) is 7.36. The van der Waals surface area contributed by atoms with Gasteiger partial charge in [-0.05, 0) is 37.8 Å². The van der Waals surface area contributed by atoms with Crippen LogP contribution in [-0.2, 0) is 6.54 Å². The van der Waals surface area contributed by atoms with Crippen LogP contribution in [0.2, 0.25) is 0 Å². The van der Waals surface area contributed by atoms with Crippen LogP contribution in [-0.4, -0.2) is 39.8 Å². The highest BCUT2D eigenvalue weighted by molar-refractivity contribution is 5.20. The number of piperidine rings is 2. The number of aliphatic hydroxyl groups excluding tert-OH is 1. The topological polar surface area (TPSA) is 45.5 Å². The molecule has 0 aromatic carbocycles. The highest BCUT2D eigenvalue weighted by Crippen LogP contribution is 2.43. The van der Waals surface area contributed by atoms with E-state index >= 15 is 0 Å². The highest BCUT2D eigenvalue weighted by atomic mass is 16.3. The number of aromatic nitrogens is 1. The maximum atomic E-state index is 12.1. The molecule has 0 radical (unpaired) electrons. The third kappa shape index (κ3) is 1.70. The summed E-state index contributed by atoms with van der Waals surface area (Å²) >= 11 is 0. The van der Waals surface area contributed by atoms with Gasteiger partial charge >= 0.3 is 0 Å². The van der Waals surface area contributed by atoms with Crippen molar-refractivity contribution in [1.29, 1.82) is 0 Å². The van der Waals surface area contributed by atoms with E-state index in [1.54, 1.807) is 6.07 Å². The summed E-state index contributed by atoms with van der Waals surface area (Å²) in [5.41, 5.74) is 1.26. The normalized spacial score (nSPS) is 37.5. The number of aliphatic hydroxyl groups is 1.